The Morgan fingerprint density at radius 1 is 1.35 bits per heavy atom. The molecule has 26 heavy (non-hydrogen) atoms. The standard InChI is InChI=1S/C15H18N6O3S2/c1-10-4-5-11(8-12(10)26(23,24)20(2)3)14(22)16-7-6-13-19-21-9-17-18-15(21)25-13/h4-5,8-9H,6-7H2,1-3H3,(H,16,22). The molecule has 2 heterocycles. The lowest BCUT2D eigenvalue weighted by Gasteiger charge is -2.14. The van der Waals surface area contributed by atoms with Gasteiger partial charge < -0.3 is 5.32 Å². The highest BCUT2D eigenvalue weighted by Gasteiger charge is 2.21. The van der Waals surface area contributed by atoms with E-state index >= 15 is 0 Å². The van der Waals surface area contributed by atoms with Gasteiger partial charge in [-0.2, -0.15) is 9.61 Å². The molecule has 0 aliphatic heterocycles. The average Bonchev–Trinajstić information content (AvgIpc) is 3.16. The van der Waals surface area contributed by atoms with Crippen LogP contribution in [0.3, 0.4) is 0 Å². The Balaban J connectivity index is 1.68. The molecule has 0 aliphatic carbocycles. The molecule has 1 N–H and O–H groups in total. The summed E-state index contributed by atoms with van der Waals surface area (Å²) in [7, 11) is -0.686. The molecule has 0 bridgehead atoms. The molecule has 3 aromatic rings. The predicted molar refractivity (Wildman–Crippen MR) is 96.7 cm³/mol. The van der Waals surface area contributed by atoms with E-state index < -0.39 is 10.0 Å². The van der Waals surface area contributed by atoms with Crippen LogP contribution in [-0.2, 0) is 16.4 Å². The maximum atomic E-state index is 12.4. The van der Waals surface area contributed by atoms with E-state index in [1.165, 1.54) is 37.8 Å². The number of carbonyl (C=O) groups excluding carboxylic acids is 1. The molecular weight excluding hydrogens is 376 g/mol. The molecule has 0 fully saturated rings. The molecule has 1 aromatic carbocycles. The molecule has 0 radical (unpaired) electrons. The largest absolute Gasteiger partial charge is 0.352 e. The van der Waals surface area contributed by atoms with Crippen molar-refractivity contribution in [3.63, 3.8) is 0 Å². The Bertz CT molecular complexity index is 1030. The third-order valence-corrected chi connectivity index (χ3v) is 6.69. The molecule has 0 aliphatic rings. The van der Waals surface area contributed by atoms with Crippen molar-refractivity contribution >= 4 is 32.2 Å². The van der Waals surface area contributed by atoms with Crippen LogP contribution in [0.15, 0.2) is 29.4 Å². The minimum Gasteiger partial charge on any atom is -0.352 e. The molecule has 0 atom stereocenters. The van der Waals surface area contributed by atoms with E-state index in [-0.39, 0.29) is 10.8 Å². The maximum absolute atomic E-state index is 12.4. The summed E-state index contributed by atoms with van der Waals surface area (Å²) < 4.78 is 27.4. The number of aryl methyl sites for hydroxylation is 1. The highest BCUT2D eigenvalue weighted by Crippen LogP contribution is 2.20. The number of aromatic nitrogens is 4. The lowest BCUT2D eigenvalue weighted by Crippen LogP contribution is -2.27. The van der Waals surface area contributed by atoms with Gasteiger partial charge in [0, 0.05) is 32.6 Å². The summed E-state index contributed by atoms with van der Waals surface area (Å²) in [5, 5.41) is 15.6. The monoisotopic (exact) mass is 394 g/mol. The molecule has 0 saturated carbocycles. The van der Waals surface area contributed by atoms with E-state index in [0.29, 0.717) is 29.1 Å². The third-order valence-electron chi connectivity index (χ3n) is 3.76. The SMILES string of the molecule is Cc1ccc(C(=O)NCCc2nn3cnnc3s2)cc1S(=O)(=O)N(C)C. The Morgan fingerprint density at radius 2 is 2.12 bits per heavy atom. The number of hydrogen-bond acceptors (Lipinski definition) is 7. The van der Waals surface area contributed by atoms with Gasteiger partial charge in [-0.3, -0.25) is 4.79 Å². The number of benzene rings is 1. The van der Waals surface area contributed by atoms with Crippen LogP contribution in [0.25, 0.3) is 4.96 Å². The highest BCUT2D eigenvalue weighted by atomic mass is 32.2. The highest BCUT2D eigenvalue weighted by molar-refractivity contribution is 7.89. The smallest absolute Gasteiger partial charge is 0.251 e. The van der Waals surface area contributed by atoms with Gasteiger partial charge in [-0.25, -0.2) is 12.7 Å². The van der Waals surface area contributed by atoms with Crippen molar-refractivity contribution in [3.05, 3.63) is 40.7 Å². The minimum absolute atomic E-state index is 0.129. The second-order valence-corrected chi connectivity index (χ2v) is 8.99. The van der Waals surface area contributed by atoms with Crippen LogP contribution >= 0.6 is 11.3 Å². The lowest BCUT2D eigenvalue weighted by molar-refractivity contribution is 0.0954. The van der Waals surface area contributed by atoms with Gasteiger partial charge >= 0.3 is 0 Å². The third kappa shape index (κ3) is 3.59. The Labute approximate surface area is 154 Å². The van der Waals surface area contributed by atoms with Crippen molar-refractivity contribution in [1.82, 2.24) is 29.4 Å². The number of nitrogens with one attached hydrogen (secondary N) is 1. The van der Waals surface area contributed by atoms with Crippen LogP contribution in [0.4, 0.5) is 0 Å². The van der Waals surface area contributed by atoms with Crippen LogP contribution < -0.4 is 5.32 Å². The topological polar surface area (TPSA) is 110 Å². The molecule has 2 aromatic heterocycles. The zero-order valence-corrected chi connectivity index (χ0v) is 16.1. The van der Waals surface area contributed by atoms with Gasteiger partial charge in [0.25, 0.3) is 5.91 Å². The van der Waals surface area contributed by atoms with Gasteiger partial charge in [0.05, 0.1) is 4.90 Å². The molecule has 0 unspecified atom stereocenters. The number of rotatable bonds is 6. The first kappa shape index (κ1) is 18.4. The van der Waals surface area contributed by atoms with Crippen LogP contribution in [-0.4, -0.2) is 59.1 Å². The summed E-state index contributed by atoms with van der Waals surface area (Å²) in [6.07, 6.45) is 2.07. The summed E-state index contributed by atoms with van der Waals surface area (Å²) in [6.45, 7) is 2.08. The van der Waals surface area contributed by atoms with Gasteiger partial charge in [-0.1, -0.05) is 17.4 Å². The van der Waals surface area contributed by atoms with Gasteiger partial charge in [-0.15, -0.1) is 10.2 Å². The van der Waals surface area contributed by atoms with Crippen molar-refractivity contribution in [1.29, 1.82) is 0 Å². The van der Waals surface area contributed by atoms with Crippen LogP contribution in [0.1, 0.15) is 20.9 Å². The van der Waals surface area contributed by atoms with Gasteiger partial charge in [-0.05, 0) is 24.6 Å². The van der Waals surface area contributed by atoms with Crippen molar-refractivity contribution in [2.24, 2.45) is 0 Å². The molecule has 3 rings (SSSR count). The molecule has 0 spiro atoms. The summed E-state index contributed by atoms with van der Waals surface area (Å²) in [4.78, 5) is 13.2. The zero-order valence-electron chi connectivity index (χ0n) is 14.5. The van der Waals surface area contributed by atoms with E-state index in [1.807, 2.05) is 0 Å². The minimum atomic E-state index is -3.61. The Kier molecular flexibility index (Phi) is 5.03. The zero-order chi connectivity index (χ0) is 18.9. The van der Waals surface area contributed by atoms with Crippen LogP contribution in [0, 0.1) is 6.92 Å². The van der Waals surface area contributed by atoms with Gasteiger partial charge in [0.1, 0.15) is 11.3 Å². The summed E-state index contributed by atoms with van der Waals surface area (Å²) >= 11 is 1.40. The second-order valence-electron chi connectivity index (χ2n) is 5.83. The van der Waals surface area contributed by atoms with E-state index in [4.69, 9.17) is 0 Å². The first-order valence-corrected chi connectivity index (χ1v) is 10.0. The molecule has 9 nitrogen and oxygen atoms in total. The van der Waals surface area contributed by atoms with Crippen molar-refractivity contribution < 1.29 is 13.2 Å². The van der Waals surface area contributed by atoms with E-state index in [9.17, 15) is 13.2 Å². The van der Waals surface area contributed by atoms with Crippen molar-refractivity contribution in [3.8, 4) is 0 Å². The molecule has 0 saturated heterocycles. The molecular formula is C15H18N6O3S2. The number of amides is 1. The molecule has 11 heteroatoms. The maximum Gasteiger partial charge on any atom is 0.251 e. The lowest BCUT2D eigenvalue weighted by atomic mass is 10.1. The Morgan fingerprint density at radius 3 is 2.81 bits per heavy atom. The van der Waals surface area contributed by atoms with Crippen molar-refractivity contribution in [2.75, 3.05) is 20.6 Å². The second kappa shape index (κ2) is 7.09. The predicted octanol–water partition coefficient (Wildman–Crippen LogP) is 0.717. The van der Waals surface area contributed by atoms with Crippen LogP contribution in [0.5, 0.6) is 0 Å². The molecule has 1 amide bonds. The summed E-state index contributed by atoms with van der Waals surface area (Å²) in [5.41, 5.74) is 0.893. The summed E-state index contributed by atoms with van der Waals surface area (Å²) in [6, 6.07) is 4.65. The first-order valence-electron chi connectivity index (χ1n) is 7.76. The van der Waals surface area contributed by atoms with Gasteiger partial charge in [0.2, 0.25) is 15.0 Å². The first-order chi connectivity index (χ1) is 12.3. The van der Waals surface area contributed by atoms with E-state index in [2.05, 4.69) is 20.6 Å². The van der Waals surface area contributed by atoms with Crippen molar-refractivity contribution in [2.45, 2.75) is 18.2 Å². The number of sulfonamides is 1. The fraction of sp³-hybridized carbons (Fsp3) is 0.333. The average molecular weight is 394 g/mol. The number of hydrogen-bond donors (Lipinski definition) is 1. The fourth-order valence-corrected chi connectivity index (χ4v) is 4.26. The quantitative estimate of drug-likeness (QED) is 0.660. The normalized spacial score (nSPS) is 12.0. The summed E-state index contributed by atoms with van der Waals surface area (Å²) in [5.74, 6) is -0.330. The number of carbonyl (C=O) groups is 1. The Hall–Kier alpha value is -2.37. The van der Waals surface area contributed by atoms with E-state index in [1.54, 1.807) is 23.6 Å². The van der Waals surface area contributed by atoms with Gasteiger partial charge in [0.15, 0.2) is 0 Å². The molecule has 138 valence electrons. The van der Waals surface area contributed by atoms with Crippen LogP contribution in [0.2, 0.25) is 0 Å². The number of fused-ring (bicyclic) bond motifs is 1. The number of nitrogens with zero attached hydrogens (tertiary/aromatic N) is 5. The van der Waals surface area contributed by atoms with E-state index in [0.717, 1.165) is 9.31 Å². The fourth-order valence-electron chi connectivity index (χ4n) is 2.30.